The third-order valence-corrected chi connectivity index (χ3v) is 3.36. The van der Waals surface area contributed by atoms with Crippen LogP contribution in [0.25, 0.3) is 5.69 Å². The summed E-state index contributed by atoms with van der Waals surface area (Å²) in [6.45, 7) is 9.98. The van der Waals surface area contributed by atoms with E-state index in [9.17, 15) is 4.79 Å². The van der Waals surface area contributed by atoms with Crippen molar-refractivity contribution in [2.24, 2.45) is 0 Å². The number of esters is 1. The van der Waals surface area contributed by atoms with Crippen LogP contribution >= 0.6 is 0 Å². The van der Waals surface area contributed by atoms with Crippen molar-refractivity contribution >= 4 is 5.97 Å². The zero-order valence-electron chi connectivity index (χ0n) is 12.7. The topological polar surface area (TPSA) is 44.1 Å². The maximum Gasteiger partial charge on any atom is 0.341 e. The average molecular weight is 272 g/mol. The van der Waals surface area contributed by atoms with Crippen molar-refractivity contribution in [1.82, 2.24) is 9.78 Å². The van der Waals surface area contributed by atoms with Gasteiger partial charge >= 0.3 is 5.97 Å². The average Bonchev–Trinajstić information content (AvgIpc) is 2.68. The van der Waals surface area contributed by atoms with Crippen molar-refractivity contribution in [2.75, 3.05) is 6.61 Å². The molecule has 106 valence electrons. The zero-order chi connectivity index (χ0) is 14.9. The Morgan fingerprint density at radius 1 is 1.25 bits per heavy atom. The lowest BCUT2D eigenvalue weighted by atomic mass is 10.1. The second kappa shape index (κ2) is 5.49. The Morgan fingerprint density at radius 2 is 1.95 bits per heavy atom. The fourth-order valence-corrected chi connectivity index (χ4v) is 2.32. The molecular formula is C16H20N2O2. The molecule has 0 aliphatic rings. The zero-order valence-corrected chi connectivity index (χ0v) is 12.7. The van der Waals surface area contributed by atoms with Crippen molar-refractivity contribution in [1.29, 1.82) is 0 Å². The van der Waals surface area contributed by atoms with Crippen LogP contribution in [0.2, 0.25) is 0 Å². The van der Waals surface area contributed by atoms with Crippen molar-refractivity contribution < 1.29 is 9.53 Å². The molecule has 0 unspecified atom stereocenters. The van der Waals surface area contributed by atoms with Crippen molar-refractivity contribution in [3.63, 3.8) is 0 Å². The van der Waals surface area contributed by atoms with Gasteiger partial charge in [-0.25, -0.2) is 9.48 Å². The van der Waals surface area contributed by atoms with Crippen molar-refractivity contribution in [3.8, 4) is 5.69 Å². The fourth-order valence-electron chi connectivity index (χ4n) is 2.32. The van der Waals surface area contributed by atoms with E-state index in [0.717, 1.165) is 22.5 Å². The molecule has 0 fully saturated rings. The minimum atomic E-state index is -0.306. The van der Waals surface area contributed by atoms with Gasteiger partial charge in [-0.2, -0.15) is 5.10 Å². The Bertz CT molecular complexity index is 657. The van der Waals surface area contributed by atoms with Gasteiger partial charge in [0.1, 0.15) is 5.56 Å². The summed E-state index contributed by atoms with van der Waals surface area (Å²) in [5.74, 6) is -0.306. The number of ether oxygens (including phenoxy) is 1. The Hall–Kier alpha value is -2.10. The third kappa shape index (κ3) is 2.46. The van der Waals surface area contributed by atoms with E-state index in [4.69, 9.17) is 4.74 Å². The Kier molecular flexibility index (Phi) is 3.93. The van der Waals surface area contributed by atoms with Gasteiger partial charge in [0.15, 0.2) is 0 Å². The molecule has 1 aromatic carbocycles. The summed E-state index contributed by atoms with van der Waals surface area (Å²) in [6, 6.07) is 6.20. The van der Waals surface area contributed by atoms with Crippen LogP contribution < -0.4 is 0 Å². The summed E-state index contributed by atoms with van der Waals surface area (Å²) in [7, 11) is 0. The van der Waals surface area contributed by atoms with Gasteiger partial charge in [-0.3, -0.25) is 0 Å². The molecule has 1 aromatic heterocycles. The summed E-state index contributed by atoms with van der Waals surface area (Å²) in [4.78, 5) is 12.0. The Labute approximate surface area is 119 Å². The maximum absolute atomic E-state index is 12.0. The van der Waals surface area contributed by atoms with Crippen molar-refractivity contribution in [3.05, 3.63) is 46.3 Å². The minimum absolute atomic E-state index is 0.306. The van der Waals surface area contributed by atoms with Gasteiger partial charge in [0, 0.05) is 0 Å². The van der Waals surface area contributed by atoms with Gasteiger partial charge in [0.05, 0.1) is 23.7 Å². The second-order valence-electron chi connectivity index (χ2n) is 4.97. The van der Waals surface area contributed by atoms with Gasteiger partial charge in [-0.1, -0.05) is 12.1 Å². The SMILES string of the molecule is CCOC(=O)c1c(C)nn(-c2cc(C)ccc2C)c1C. The van der Waals surface area contributed by atoms with Gasteiger partial charge in [-0.15, -0.1) is 0 Å². The molecule has 20 heavy (non-hydrogen) atoms. The quantitative estimate of drug-likeness (QED) is 0.805. The van der Waals surface area contributed by atoms with E-state index in [0.29, 0.717) is 17.9 Å². The molecule has 4 heteroatoms. The van der Waals surface area contributed by atoms with Crippen LogP contribution in [0.15, 0.2) is 18.2 Å². The molecule has 0 aliphatic carbocycles. The first-order valence-corrected chi connectivity index (χ1v) is 6.76. The molecule has 0 bridgehead atoms. The van der Waals surface area contributed by atoms with E-state index in [-0.39, 0.29) is 5.97 Å². The highest BCUT2D eigenvalue weighted by atomic mass is 16.5. The lowest BCUT2D eigenvalue weighted by Gasteiger charge is -2.09. The van der Waals surface area contributed by atoms with E-state index in [1.54, 1.807) is 6.92 Å². The first-order chi connectivity index (χ1) is 9.45. The Balaban J connectivity index is 2.57. The number of aryl methyl sites for hydroxylation is 3. The first-order valence-electron chi connectivity index (χ1n) is 6.76. The second-order valence-corrected chi connectivity index (χ2v) is 4.97. The predicted molar refractivity (Wildman–Crippen MR) is 78.5 cm³/mol. The lowest BCUT2D eigenvalue weighted by Crippen LogP contribution is -2.08. The van der Waals surface area contributed by atoms with Crippen LogP contribution in [0.1, 0.15) is 39.8 Å². The number of hydrogen-bond acceptors (Lipinski definition) is 3. The van der Waals surface area contributed by atoms with Gasteiger partial charge in [0.25, 0.3) is 0 Å². The minimum Gasteiger partial charge on any atom is -0.462 e. The van der Waals surface area contributed by atoms with E-state index in [1.165, 1.54) is 0 Å². The molecule has 0 atom stereocenters. The largest absolute Gasteiger partial charge is 0.462 e. The highest BCUT2D eigenvalue weighted by molar-refractivity contribution is 5.92. The number of rotatable bonds is 3. The van der Waals surface area contributed by atoms with Crippen LogP contribution in [0.3, 0.4) is 0 Å². The van der Waals surface area contributed by atoms with Crippen LogP contribution in [0.5, 0.6) is 0 Å². The van der Waals surface area contributed by atoms with E-state index >= 15 is 0 Å². The maximum atomic E-state index is 12.0. The normalized spacial score (nSPS) is 10.7. The summed E-state index contributed by atoms with van der Waals surface area (Å²) in [5.41, 5.74) is 5.36. The molecule has 0 radical (unpaired) electrons. The fraction of sp³-hybridized carbons (Fsp3) is 0.375. The molecule has 0 spiro atoms. The monoisotopic (exact) mass is 272 g/mol. The molecule has 0 amide bonds. The molecule has 0 aliphatic heterocycles. The van der Waals surface area contributed by atoms with E-state index in [1.807, 2.05) is 32.4 Å². The molecule has 2 rings (SSSR count). The van der Waals surface area contributed by atoms with Crippen LogP contribution in [-0.4, -0.2) is 22.4 Å². The summed E-state index contributed by atoms with van der Waals surface area (Å²) in [6.07, 6.45) is 0. The first kappa shape index (κ1) is 14.3. The molecule has 0 saturated heterocycles. The van der Waals surface area contributed by atoms with Crippen LogP contribution in [0.4, 0.5) is 0 Å². The number of carbonyl (C=O) groups excluding carboxylic acids is 1. The third-order valence-electron chi connectivity index (χ3n) is 3.36. The van der Waals surface area contributed by atoms with Crippen molar-refractivity contribution in [2.45, 2.75) is 34.6 Å². The Morgan fingerprint density at radius 3 is 2.60 bits per heavy atom. The van der Waals surface area contributed by atoms with Gasteiger partial charge < -0.3 is 4.74 Å². The molecule has 1 heterocycles. The molecule has 4 nitrogen and oxygen atoms in total. The smallest absolute Gasteiger partial charge is 0.341 e. The van der Waals surface area contributed by atoms with E-state index in [2.05, 4.69) is 23.3 Å². The number of hydrogen-bond donors (Lipinski definition) is 0. The molecule has 2 aromatic rings. The van der Waals surface area contributed by atoms with Gasteiger partial charge in [-0.05, 0) is 51.8 Å². The number of carbonyl (C=O) groups is 1. The van der Waals surface area contributed by atoms with Gasteiger partial charge in [0.2, 0.25) is 0 Å². The number of nitrogens with zero attached hydrogens (tertiary/aromatic N) is 2. The molecule has 0 N–H and O–H groups in total. The van der Waals surface area contributed by atoms with Crippen LogP contribution in [-0.2, 0) is 4.74 Å². The highest BCUT2D eigenvalue weighted by Gasteiger charge is 2.20. The van der Waals surface area contributed by atoms with E-state index < -0.39 is 0 Å². The molecule has 0 saturated carbocycles. The number of aromatic nitrogens is 2. The predicted octanol–water partition coefficient (Wildman–Crippen LogP) is 3.28. The standard InChI is InChI=1S/C16H20N2O2/c1-6-20-16(19)15-12(4)17-18(13(15)5)14-9-10(2)7-8-11(14)3/h7-9H,6H2,1-5H3. The molecular weight excluding hydrogens is 252 g/mol. The lowest BCUT2D eigenvalue weighted by molar-refractivity contribution is 0.0524. The summed E-state index contributed by atoms with van der Waals surface area (Å²) in [5, 5.41) is 4.50. The summed E-state index contributed by atoms with van der Waals surface area (Å²) < 4.78 is 6.92. The number of benzene rings is 1. The summed E-state index contributed by atoms with van der Waals surface area (Å²) >= 11 is 0. The highest BCUT2D eigenvalue weighted by Crippen LogP contribution is 2.22. The van der Waals surface area contributed by atoms with Crippen LogP contribution in [0, 0.1) is 27.7 Å².